The van der Waals surface area contributed by atoms with Gasteiger partial charge in [-0.1, -0.05) is 23.4 Å². The molecule has 2 aromatic carbocycles. The first-order chi connectivity index (χ1) is 13.6. The Hall–Kier alpha value is -3.22. The van der Waals surface area contributed by atoms with Crippen LogP contribution >= 0.6 is 0 Å². The van der Waals surface area contributed by atoms with Crippen molar-refractivity contribution in [3.8, 4) is 11.5 Å². The van der Waals surface area contributed by atoms with Gasteiger partial charge in [-0.25, -0.2) is 4.79 Å². The molecule has 2 rings (SSSR count). The fourth-order valence-electron chi connectivity index (χ4n) is 2.46. The molecule has 0 saturated carbocycles. The summed E-state index contributed by atoms with van der Waals surface area (Å²) in [6.07, 6.45) is -0.537. The number of para-hydroxylation sites is 1. The smallest absolute Gasteiger partial charge is 0.411 e. The van der Waals surface area contributed by atoms with E-state index in [-0.39, 0.29) is 6.61 Å². The standard InChI is InChI=1S/C21H26N2O5/c1-5-26-19-12-11-16(13-20(19)27-6-2)15(3)23-28-14-17-9-7-8-10-18(17)22-21(24)25-4/h7-13H,5-6,14H2,1-4H3,(H,22,24). The van der Waals surface area contributed by atoms with Gasteiger partial charge in [-0.05, 0) is 45.0 Å². The van der Waals surface area contributed by atoms with Gasteiger partial charge in [0.25, 0.3) is 0 Å². The summed E-state index contributed by atoms with van der Waals surface area (Å²) in [5.74, 6) is 1.37. The number of nitrogens with one attached hydrogen (secondary N) is 1. The second-order valence-corrected chi connectivity index (χ2v) is 5.75. The monoisotopic (exact) mass is 386 g/mol. The van der Waals surface area contributed by atoms with E-state index in [0.717, 1.165) is 11.1 Å². The number of oxime groups is 1. The molecule has 7 heteroatoms. The van der Waals surface area contributed by atoms with Crippen molar-refractivity contribution in [1.29, 1.82) is 0 Å². The summed E-state index contributed by atoms with van der Waals surface area (Å²) in [7, 11) is 1.31. The van der Waals surface area contributed by atoms with Crippen LogP contribution in [0.1, 0.15) is 31.9 Å². The Labute approximate surface area is 165 Å². The molecule has 7 nitrogen and oxygen atoms in total. The number of benzene rings is 2. The Bertz CT molecular complexity index is 820. The van der Waals surface area contributed by atoms with Crippen molar-refractivity contribution >= 4 is 17.5 Å². The van der Waals surface area contributed by atoms with Crippen LogP contribution in [0, 0.1) is 0 Å². The minimum atomic E-state index is -0.537. The Morgan fingerprint density at radius 3 is 2.46 bits per heavy atom. The second-order valence-electron chi connectivity index (χ2n) is 5.75. The van der Waals surface area contributed by atoms with Crippen LogP contribution in [-0.4, -0.2) is 32.1 Å². The van der Waals surface area contributed by atoms with Gasteiger partial charge in [-0.15, -0.1) is 0 Å². The van der Waals surface area contributed by atoms with E-state index in [2.05, 4.69) is 15.2 Å². The molecule has 0 bridgehead atoms. The Morgan fingerprint density at radius 2 is 1.75 bits per heavy atom. The summed E-state index contributed by atoms with van der Waals surface area (Å²) >= 11 is 0. The molecule has 0 aromatic heterocycles. The van der Waals surface area contributed by atoms with Crippen molar-refractivity contribution in [2.45, 2.75) is 27.4 Å². The highest BCUT2D eigenvalue weighted by molar-refractivity contribution is 5.98. The van der Waals surface area contributed by atoms with Gasteiger partial charge in [-0.3, -0.25) is 5.32 Å². The van der Waals surface area contributed by atoms with Crippen LogP contribution < -0.4 is 14.8 Å². The molecule has 2 aromatic rings. The highest BCUT2D eigenvalue weighted by Gasteiger charge is 2.09. The lowest BCUT2D eigenvalue weighted by atomic mass is 10.1. The lowest BCUT2D eigenvalue weighted by Crippen LogP contribution is -2.12. The summed E-state index contributed by atoms with van der Waals surface area (Å²) < 4.78 is 15.8. The first-order valence-electron chi connectivity index (χ1n) is 9.08. The van der Waals surface area contributed by atoms with E-state index < -0.39 is 6.09 Å². The van der Waals surface area contributed by atoms with E-state index >= 15 is 0 Å². The topological polar surface area (TPSA) is 78.4 Å². The molecule has 28 heavy (non-hydrogen) atoms. The number of nitrogens with zero attached hydrogens (tertiary/aromatic N) is 1. The molecular weight excluding hydrogens is 360 g/mol. The van der Waals surface area contributed by atoms with Gasteiger partial charge in [0.05, 0.1) is 31.7 Å². The Balaban J connectivity index is 2.09. The van der Waals surface area contributed by atoms with Crippen molar-refractivity contribution in [2.24, 2.45) is 5.16 Å². The summed E-state index contributed by atoms with van der Waals surface area (Å²) in [5, 5.41) is 6.83. The van der Waals surface area contributed by atoms with Gasteiger partial charge in [0.1, 0.15) is 6.61 Å². The number of carbonyl (C=O) groups excluding carboxylic acids is 1. The summed E-state index contributed by atoms with van der Waals surface area (Å²) in [6.45, 7) is 7.01. The normalized spacial score (nSPS) is 10.9. The zero-order chi connectivity index (χ0) is 20.4. The number of rotatable bonds is 9. The maximum absolute atomic E-state index is 11.4. The third-order valence-electron chi connectivity index (χ3n) is 3.82. The maximum Gasteiger partial charge on any atom is 0.411 e. The number of hydrogen-bond acceptors (Lipinski definition) is 6. The number of amides is 1. The average Bonchev–Trinajstić information content (AvgIpc) is 2.70. The summed E-state index contributed by atoms with van der Waals surface area (Å²) in [4.78, 5) is 16.9. The van der Waals surface area contributed by atoms with Gasteiger partial charge in [0.15, 0.2) is 11.5 Å². The maximum atomic E-state index is 11.4. The zero-order valence-electron chi connectivity index (χ0n) is 16.7. The number of ether oxygens (including phenoxy) is 3. The minimum absolute atomic E-state index is 0.201. The molecule has 0 aliphatic carbocycles. The van der Waals surface area contributed by atoms with E-state index in [1.54, 1.807) is 6.07 Å². The minimum Gasteiger partial charge on any atom is -0.490 e. The highest BCUT2D eigenvalue weighted by atomic mass is 16.6. The summed E-state index contributed by atoms with van der Waals surface area (Å²) in [5.41, 5.74) is 2.96. The molecule has 0 spiro atoms. The lowest BCUT2D eigenvalue weighted by Gasteiger charge is -2.12. The largest absolute Gasteiger partial charge is 0.490 e. The van der Waals surface area contributed by atoms with Crippen LogP contribution in [0.5, 0.6) is 11.5 Å². The van der Waals surface area contributed by atoms with E-state index in [1.807, 2.05) is 57.2 Å². The Morgan fingerprint density at radius 1 is 1.04 bits per heavy atom. The zero-order valence-corrected chi connectivity index (χ0v) is 16.7. The molecule has 0 aliphatic heterocycles. The van der Waals surface area contributed by atoms with Crippen LogP contribution in [0.25, 0.3) is 0 Å². The van der Waals surface area contributed by atoms with Crippen molar-refractivity contribution in [1.82, 2.24) is 0 Å². The Kier molecular flexibility index (Phi) is 8.14. The first kappa shape index (κ1) is 21.1. The molecule has 0 fully saturated rings. The van der Waals surface area contributed by atoms with Crippen molar-refractivity contribution in [2.75, 3.05) is 25.6 Å². The average molecular weight is 386 g/mol. The molecular formula is C21H26N2O5. The van der Waals surface area contributed by atoms with Crippen molar-refractivity contribution in [3.05, 3.63) is 53.6 Å². The van der Waals surface area contributed by atoms with E-state index in [4.69, 9.17) is 14.3 Å². The first-order valence-corrected chi connectivity index (χ1v) is 9.08. The third-order valence-corrected chi connectivity index (χ3v) is 3.82. The quantitative estimate of drug-likeness (QED) is 0.503. The van der Waals surface area contributed by atoms with Crippen LogP contribution in [0.15, 0.2) is 47.6 Å². The van der Waals surface area contributed by atoms with Crippen molar-refractivity contribution in [3.63, 3.8) is 0 Å². The third kappa shape index (κ3) is 5.90. The van der Waals surface area contributed by atoms with Gasteiger partial charge < -0.3 is 19.0 Å². The molecule has 0 aliphatic rings. The van der Waals surface area contributed by atoms with Crippen LogP contribution in [0.3, 0.4) is 0 Å². The fraction of sp³-hybridized carbons (Fsp3) is 0.333. The molecule has 0 heterocycles. The summed E-state index contributed by atoms with van der Waals surface area (Å²) in [6, 6.07) is 12.9. The number of carbonyl (C=O) groups is 1. The van der Waals surface area contributed by atoms with Crippen molar-refractivity contribution < 1.29 is 23.8 Å². The molecule has 0 unspecified atom stereocenters. The predicted octanol–water partition coefficient (Wildman–Crippen LogP) is 4.60. The second kappa shape index (κ2) is 10.8. The van der Waals surface area contributed by atoms with E-state index in [9.17, 15) is 4.79 Å². The number of anilines is 1. The van der Waals surface area contributed by atoms with E-state index in [0.29, 0.717) is 36.1 Å². The van der Waals surface area contributed by atoms with Crippen LogP contribution in [0.4, 0.5) is 10.5 Å². The molecule has 0 atom stereocenters. The van der Waals surface area contributed by atoms with Gasteiger partial charge >= 0.3 is 6.09 Å². The number of methoxy groups -OCH3 is 1. The van der Waals surface area contributed by atoms with Gasteiger partial charge in [0, 0.05) is 11.1 Å². The van der Waals surface area contributed by atoms with Gasteiger partial charge in [-0.2, -0.15) is 0 Å². The lowest BCUT2D eigenvalue weighted by molar-refractivity contribution is 0.131. The fourth-order valence-corrected chi connectivity index (χ4v) is 2.46. The molecule has 1 N–H and O–H groups in total. The SMILES string of the molecule is CCOc1ccc(C(C)=NOCc2ccccc2NC(=O)OC)cc1OCC. The van der Waals surface area contributed by atoms with Crippen LogP contribution in [-0.2, 0) is 16.2 Å². The van der Waals surface area contributed by atoms with Gasteiger partial charge in [0.2, 0.25) is 0 Å². The van der Waals surface area contributed by atoms with E-state index in [1.165, 1.54) is 7.11 Å². The molecule has 0 radical (unpaired) electrons. The predicted molar refractivity (Wildman–Crippen MR) is 108 cm³/mol. The highest BCUT2D eigenvalue weighted by Crippen LogP contribution is 2.29. The molecule has 1 amide bonds. The van der Waals surface area contributed by atoms with Crippen LogP contribution in [0.2, 0.25) is 0 Å². The molecule has 150 valence electrons. The number of hydrogen-bond donors (Lipinski definition) is 1. The molecule has 0 saturated heterocycles.